The van der Waals surface area contributed by atoms with Gasteiger partial charge in [0.1, 0.15) is 19.0 Å². The lowest BCUT2D eigenvalue weighted by Gasteiger charge is -2.23. The van der Waals surface area contributed by atoms with Gasteiger partial charge in [-0.2, -0.15) is 0 Å². The van der Waals surface area contributed by atoms with Gasteiger partial charge < -0.3 is 19.9 Å². The van der Waals surface area contributed by atoms with E-state index in [-0.39, 0.29) is 6.04 Å². The Kier molecular flexibility index (Phi) is 3.48. The van der Waals surface area contributed by atoms with Gasteiger partial charge in [-0.3, -0.25) is 0 Å². The maximum Gasteiger partial charge on any atom is 0.166 e. The van der Waals surface area contributed by atoms with E-state index in [2.05, 4.69) is 0 Å². The molecular weight excluding hydrogens is 254 g/mol. The quantitative estimate of drug-likeness (QED) is 0.932. The molecule has 1 atom stereocenters. The van der Waals surface area contributed by atoms with Crippen LogP contribution in [0, 0.1) is 0 Å². The highest BCUT2D eigenvalue weighted by molar-refractivity contribution is 5.51. The fourth-order valence-corrected chi connectivity index (χ4v) is 2.33. The Hall–Kier alpha value is -2.20. The molecule has 20 heavy (non-hydrogen) atoms. The number of nitrogens with two attached hydrogens (primary N) is 1. The monoisotopic (exact) mass is 271 g/mol. The van der Waals surface area contributed by atoms with E-state index in [1.807, 2.05) is 42.5 Å². The molecule has 2 aromatic carbocycles. The van der Waals surface area contributed by atoms with Crippen molar-refractivity contribution in [2.75, 3.05) is 20.3 Å². The number of benzene rings is 2. The van der Waals surface area contributed by atoms with Crippen LogP contribution in [0.25, 0.3) is 0 Å². The second-order valence-electron chi connectivity index (χ2n) is 4.62. The van der Waals surface area contributed by atoms with E-state index in [1.54, 1.807) is 7.11 Å². The first kappa shape index (κ1) is 12.8. The predicted molar refractivity (Wildman–Crippen MR) is 76.5 cm³/mol. The molecule has 104 valence electrons. The summed E-state index contributed by atoms with van der Waals surface area (Å²) >= 11 is 0. The first-order chi connectivity index (χ1) is 9.79. The second kappa shape index (κ2) is 5.43. The zero-order valence-corrected chi connectivity index (χ0v) is 11.3. The van der Waals surface area contributed by atoms with Crippen LogP contribution >= 0.6 is 0 Å². The van der Waals surface area contributed by atoms with Gasteiger partial charge in [-0.05, 0) is 23.8 Å². The standard InChI is InChI=1S/C16H17NO3/c1-18-12-7-5-11(6-8-12)15(17)13-3-2-4-14-16(13)20-10-9-19-14/h2-8,15H,9-10,17H2,1H3. The minimum absolute atomic E-state index is 0.252. The van der Waals surface area contributed by atoms with E-state index in [9.17, 15) is 0 Å². The van der Waals surface area contributed by atoms with E-state index in [0.29, 0.717) is 13.2 Å². The second-order valence-corrected chi connectivity index (χ2v) is 4.62. The van der Waals surface area contributed by atoms with Crippen molar-refractivity contribution in [1.82, 2.24) is 0 Å². The van der Waals surface area contributed by atoms with Crippen molar-refractivity contribution in [2.24, 2.45) is 5.73 Å². The summed E-state index contributed by atoms with van der Waals surface area (Å²) in [6, 6.07) is 13.3. The number of rotatable bonds is 3. The summed E-state index contributed by atoms with van der Waals surface area (Å²) in [6.07, 6.45) is 0. The molecule has 0 saturated carbocycles. The minimum Gasteiger partial charge on any atom is -0.497 e. The molecule has 0 bridgehead atoms. The number of fused-ring (bicyclic) bond motifs is 1. The van der Waals surface area contributed by atoms with Gasteiger partial charge in [0.05, 0.1) is 13.2 Å². The SMILES string of the molecule is COc1ccc(C(N)c2cccc3c2OCCO3)cc1. The van der Waals surface area contributed by atoms with E-state index >= 15 is 0 Å². The van der Waals surface area contributed by atoms with Gasteiger partial charge in [-0.1, -0.05) is 24.3 Å². The molecule has 2 aromatic rings. The van der Waals surface area contributed by atoms with Gasteiger partial charge in [0, 0.05) is 5.56 Å². The normalized spacial score (nSPS) is 14.7. The van der Waals surface area contributed by atoms with Crippen LogP contribution in [0.2, 0.25) is 0 Å². The molecule has 1 unspecified atom stereocenters. The molecule has 1 aliphatic rings. The van der Waals surface area contributed by atoms with E-state index in [4.69, 9.17) is 19.9 Å². The highest BCUT2D eigenvalue weighted by atomic mass is 16.6. The lowest BCUT2D eigenvalue weighted by molar-refractivity contribution is 0.169. The number of methoxy groups -OCH3 is 1. The van der Waals surface area contributed by atoms with Gasteiger partial charge >= 0.3 is 0 Å². The Morgan fingerprint density at radius 1 is 1.05 bits per heavy atom. The summed E-state index contributed by atoms with van der Waals surface area (Å²) in [7, 11) is 1.65. The summed E-state index contributed by atoms with van der Waals surface area (Å²) in [5.74, 6) is 2.33. The summed E-state index contributed by atoms with van der Waals surface area (Å²) in [5.41, 5.74) is 8.30. The number of ether oxygens (including phenoxy) is 3. The van der Waals surface area contributed by atoms with E-state index in [1.165, 1.54) is 0 Å². The number of hydrogen-bond donors (Lipinski definition) is 1. The Morgan fingerprint density at radius 2 is 1.80 bits per heavy atom. The Labute approximate surface area is 118 Å². The van der Waals surface area contributed by atoms with Crippen molar-refractivity contribution in [3.8, 4) is 17.2 Å². The van der Waals surface area contributed by atoms with Crippen molar-refractivity contribution in [2.45, 2.75) is 6.04 Å². The van der Waals surface area contributed by atoms with Crippen molar-refractivity contribution in [3.63, 3.8) is 0 Å². The Bertz CT molecular complexity index is 595. The largest absolute Gasteiger partial charge is 0.497 e. The topological polar surface area (TPSA) is 53.7 Å². The summed E-state index contributed by atoms with van der Waals surface area (Å²) in [4.78, 5) is 0. The van der Waals surface area contributed by atoms with Crippen LogP contribution in [0.3, 0.4) is 0 Å². The van der Waals surface area contributed by atoms with Crippen molar-refractivity contribution in [1.29, 1.82) is 0 Å². The summed E-state index contributed by atoms with van der Waals surface area (Å²) < 4.78 is 16.5. The molecule has 0 radical (unpaired) electrons. The molecule has 3 rings (SSSR count). The number of hydrogen-bond acceptors (Lipinski definition) is 4. The van der Waals surface area contributed by atoms with Crippen molar-refractivity contribution >= 4 is 0 Å². The average molecular weight is 271 g/mol. The van der Waals surface area contributed by atoms with Gasteiger partial charge in [0.15, 0.2) is 11.5 Å². The Balaban J connectivity index is 1.95. The molecule has 0 saturated heterocycles. The zero-order valence-electron chi connectivity index (χ0n) is 11.3. The third kappa shape index (κ3) is 2.30. The smallest absolute Gasteiger partial charge is 0.166 e. The Morgan fingerprint density at radius 3 is 2.55 bits per heavy atom. The first-order valence-corrected chi connectivity index (χ1v) is 6.57. The third-order valence-electron chi connectivity index (χ3n) is 3.41. The number of para-hydroxylation sites is 1. The molecule has 1 heterocycles. The molecule has 0 spiro atoms. The molecule has 4 nitrogen and oxygen atoms in total. The van der Waals surface area contributed by atoms with Gasteiger partial charge in [0.2, 0.25) is 0 Å². The molecule has 2 N–H and O–H groups in total. The lowest BCUT2D eigenvalue weighted by Crippen LogP contribution is -2.20. The fraction of sp³-hybridized carbons (Fsp3) is 0.250. The van der Waals surface area contributed by atoms with Crippen molar-refractivity contribution in [3.05, 3.63) is 53.6 Å². The first-order valence-electron chi connectivity index (χ1n) is 6.57. The molecule has 0 aromatic heterocycles. The van der Waals surface area contributed by atoms with Crippen LogP contribution in [-0.4, -0.2) is 20.3 Å². The minimum atomic E-state index is -0.252. The van der Waals surface area contributed by atoms with Crippen LogP contribution in [0.4, 0.5) is 0 Å². The molecule has 0 amide bonds. The third-order valence-corrected chi connectivity index (χ3v) is 3.41. The van der Waals surface area contributed by atoms with Crippen LogP contribution < -0.4 is 19.9 Å². The zero-order chi connectivity index (χ0) is 13.9. The fourth-order valence-electron chi connectivity index (χ4n) is 2.33. The summed E-state index contributed by atoms with van der Waals surface area (Å²) in [5, 5.41) is 0. The average Bonchev–Trinajstić information content (AvgIpc) is 2.54. The molecule has 1 aliphatic heterocycles. The van der Waals surface area contributed by atoms with Gasteiger partial charge in [0.25, 0.3) is 0 Å². The predicted octanol–water partition coefficient (Wildman–Crippen LogP) is 2.51. The van der Waals surface area contributed by atoms with Crippen LogP contribution in [0.5, 0.6) is 17.2 Å². The van der Waals surface area contributed by atoms with E-state index < -0.39 is 0 Å². The van der Waals surface area contributed by atoms with Crippen LogP contribution in [-0.2, 0) is 0 Å². The maximum atomic E-state index is 6.36. The highest BCUT2D eigenvalue weighted by Gasteiger charge is 2.20. The lowest BCUT2D eigenvalue weighted by atomic mass is 9.98. The molecule has 0 fully saturated rings. The van der Waals surface area contributed by atoms with Crippen LogP contribution in [0.1, 0.15) is 17.2 Å². The molecular formula is C16H17NO3. The maximum absolute atomic E-state index is 6.36. The highest BCUT2D eigenvalue weighted by Crippen LogP contribution is 2.38. The van der Waals surface area contributed by atoms with E-state index in [0.717, 1.165) is 28.4 Å². The summed E-state index contributed by atoms with van der Waals surface area (Å²) in [6.45, 7) is 1.13. The molecule has 0 aliphatic carbocycles. The van der Waals surface area contributed by atoms with Crippen molar-refractivity contribution < 1.29 is 14.2 Å². The van der Waals surface area contributed by atoms with Gasteiger partial charge in [-0.15, -0.1) is 0 Å². The van der Waals surface area contributed by atoms with Gasteiger partial charge in [-0.25, -0.2) is 0 Å². The van der Waals surface area contributed by atoms with Crippen LogP contribution in [0.15, 0.2) is 42.5 Å². The molecule has 4 heteroatoms.